The molecule has 0 atom stereocenters. The van der Waals surface area contributed by atoms with Gasteiger partial charge >= 0.3 is 0 Å². The Bertz CT molecular complexity index is 562. The number of hydrogen-bond acceptors (Lipinski definition) is 4. The number of nitrogens with one attached hydrogen (secondary N) is 1. The van der Waals surface area contributed by atoms with Gasteiger partial charge in [-0.1, -0.05) is 24.5 Å². The fourth-order valence-electron chi connectivity index (χ4n) is 4.14. The van der Waals surface area contributed by atoms with E-state index in [9.17, 15) is 4.79 Å². The Labute approximate surface area is 156 Å². The van der Waals surface area contributed by atoms with Crippen LogP contribution in [0.1, 0.15) is 74.3 Å². The topological polar surface area (TPSA) is 63.1 Å². The first-order valence-electron chi connectivity index (χ1n) is 9.75. The van der Waals surface area contributed by atoms with E-state index in [4.69, 9.17) is 0 Å². The smallest absolute Gasteiger partial charge is 0.276 e. The Hall–Kier alpha value is -1.14. The maximum absolute atomic E-state index is 13.1. The lowest BCUT2D eigenvalue weighted by atomic mass is 9.93. The summed E-state index contributed by atoms with van der Waals surface area (Å²) in [5.74, 6) is 0.823. The van der Waals surface area contributed by atoms with Gasteiger partial charge in [-0.3, -0.25) is 4.79 Å². The highest BCUT2D eigenvalue weighted by molar-refractivity contribution is 5.92. The molecule has 3 aliphatic rings. The van der Waals surface area contributed by atoms with Crippen LogP contribution in [-0.4, -0.2) is 51.5 Å². The van der Waals surface area contributed by atoms with Gasteiger partial charge in [-0.15, -0.1) is 17.5 Å². The number of halogens is 1. The van der Waals surface area contributed by atoms with Gasteiger partial charge in [-0.25, -0.2) is 4.68 Å². The lowest BCUT2D eigenvalue weighted by molar-refractivity contribution is 0.0616. The summed E-state index contributed by atoms with van der Waals surface area (Å²) in [6.45, 7) is 2.96. The van der Waals surface area contributed by atoms with Gasteiger partial charge < -0.3 is 10.2 Å². The van der Waals surface area contributed by atoms with Crippen molar-refractivity contribution in [3.8, 4) is 0 Å². The summed E-state index contributed by atoms with van der Waals surface area (Å²) >= 11 is 0. The molecule has 0 aromatic carbocycles. The number of carbonyl (C=O) groups is 1. The van der Waals surface area contributed by atoms with E-state index in [0.29, 0.717) is 17.8 Å². The van der Waals surface area contributed by atoms with E-state index >= 15 is 0 Å². The Morgan fingerprint density at radius 2 is 1.84 bits per heavy atom. The van der Waals surface area contributed by atoms with Gasteiger partial charge in [-0.2, -0.15) is 0 Å². The van der Waals surface area contributed by atoms with E-state index in [-0.39, 0.29) is 18.3 Å². The van der Waals surface area contributed by atoms with Crippen LogP contribution in [0.2, 0.25) is 0 Å². The van der Waals surface area contributed by atoms with Crippen LogP contribution in [-0.2, 0) is 0 Å². The minimum absolute atomic E-state index is 0. The van der Waals surface area contributed by atoms with Crippen LogP contribution in [0.5, 0.6) is 0 Å². The largest absolute Gasteiger partial charge is 0.334 e. The van der Waals surface area contributed by atoms with Crippen LogP contribution in [0.25, 0.3) is 0 Å². The first-order valence-corrected chi connectivity index (χ1v) is 9.75. The summed E-state index contributed by atoms with van der Waals surface area (Å²) in [6.07, 6.45) is 12.7. The maximum Gasteiger partial charge on any atom is 0.276 e. The molecule has 0 bridgehead atoms. The zero-order chi connectivity index (χ0) is 16.4. The molecule has 140 valence electrons. The van der Waals surface area contributed by atoms with Crippen molar-refractivity contribution in [3.05, 3.63) is 11.9 Å². The van der Waals surface area contributed by atoms with Crippen molar-refractivity contribution >= 4 is 18.3 Å². The van der Waals surface area contributed by atoms with Gasteiger partial charge in [-0.05, 0) is 57.5 Å². The predicted octanol–water partition coefficient (Wildman–Crippen LogP) is 2.81. The van der Waals surface area contributed by atoms with Crippen molar-refractivity contribution in [1.82, 2.24) is 25.2 Å². The zero-order valence-corrected chi connectivity index (χ0v) is 15.7. The highest BCUT2D eigenvalue weighted by Crippen LogP contribution is 2.33. The molecule has 2 aliphatic carbocycles. The van der Waals surface area contributed by atoms with Gasteiger partial charge in [0.25, 0.3) is 5.91 Å². The number of carbonyl (C=O) groups excluding carboxylic acids is 1. The van der Waals surface area contributed by atoms with Crippen molar-refractivity contribution in [2.24, 2.45) is 5.92 Å². The molecule has 25 heavy (non-hydrogen) atoms. The van der Waals surface area contributed by atoms with E-state index in [1.54, 1.807) is 0 Å². The van der Waals surface area contributed by atoms with Crippen molar-refractivity contribution in [1.29, 1.82) is 0 Å². The van der Waals surface area contributed by atoms with Gasteiger partial charge in [0.05, 0.1) is 12.2 Å². The van der Waals surface area contributed by atoms with E-state index < -0.39 is 0 Å². The van der Waals surface area contributed by atoms with Crippen molar-refractivity contribution in [2.45, 2.75) is 69.9 Å². The molecular formula is C18H30ClN5O. The molecule has 1 aliphatic heterocycles. The average Bonchev–Trinajstić information content (AvgIpc) is 3.33. The molecule has 4 rings (SSSR count). The molecule has 0 spiro atoms. The second-order valence-electron chi connectivity index (χ2n) is 7.76. The fraction of sp³-hybridized carbons (Fsp3) is 0.833. The monoisotopic (exact) mass is 367 g/mol. The number of amides is 1. The minimum Gasteiger partial charge on any atom is -0.334 e. The molecule has 1 amide bonds. The van der Waals surface area contributed by atoms with Gasteiger partial charge in [0.15, 0.2) is 5.69 Å². The zero-order valence-electron chi connectivity index (χ0n) is 14.9. The average molecular weight is 368 g/mol. The molecule has 0 radical (unpaired) electrons. The van der Waals surface area contributed by atoms with Crippen molar-refractivity contribution in [3.63, 3.8) is 0 Å². The van der Waals surface area contributed by atoms with E-state index in [1.807, 2.05) is 10.9 Å². The van der Waals surface area contributed by atoms with Crippen LogP contribution in [0.3, 0.4) is 0 Å². The Morgan fingerprint density at radius 3 is 2.52 bits per heavy atom. The second-order valence-corrected chi connectivity index (χ2v) is 7.76. The molecule has 7 heteroatoms. The van der Waals surface area contributed by atoms with Crippen LogP contribution < -0.4 is 5.32 Å². The standard InChI is InChI=1S/C18H29N5O.ClH/c24-18(17-13-23(21-20-17)16-8-10-19-11-9-16)22(12-14-6-7-14)15-4-2-1-3-5-15;/h13-16,19H,1-12H2;1H. The summed E-state index contributed by atoms with van der Waals surface area (Å²) in [7, 11) is 0. The van der Waals surface area contributed by atoms with Gasteiger partial charge in [0.2, 0.25) is 0 Å². The molecule has 1 aromatic rings. The van der Waals surface area contributed by atoms with Crippen LogP contribution >= 0.6 is 12.4 Å². The lowest BCUT2D eigenvalue weighted by Crippen LogP contribution is -2.43. The fourth-order valence-corrected chi connectivity index (χ4v) is 4.14. The molecule has 1 saturated heterocycles. The number of aromatic nitrogens is 3. The lowest BCUT2D eigenvalue weighted by Gasteiger charge is -2.34. The highest BCUT2D eigenvalue weighted by atomic mass is 35.5. The maximum atomic E-state index is 13.1. The molecule has 2 saturated carbocycles. The predicted molar refractivity (Wildman–Crippen MR) is 99.0 cm³/mol. The van der Waals surface area contributed by atoms with Crippen molar-refractivity contribution < 1.29 is 4.79 Å². The Balaban J connectivity index is 0.00000182. The normalized spacial score (nSPS) is 22.4. The summed E-state index contributed by atoms with van der Waals surface area (Å²) in [5.41, 5.74) is 0.541. The van der Waals surface area contributed by atoms with E-state index in [2.05, 4.69) is 20.5 Å². The third kappa shape index (κ3) is 4.53. The Kier molecular flexibility index (Phi) is 6.34. The molecule has 1 N–H and O–H groups in total. The number of nitrogens with zero attached hydrogens (tertiary/aromatic N) is 4. The van der Waals surface area contributed by atoms with Crippen LogP contribution in [0.4, 0.5) is 0 Å². The van der Waals surface area contributed by atoms with Crippen LogP contribution in [0.15, 0.2) is 6.20 Å². The number of hydrogen-bond donors (Lipinski definition) is 1. The summed E-state index contributed by atoms with van der Waals surface area (Å²) in [5, 5.41) is 11.9. The molecule has 0 unspecified atom stereocenters. The summed E-state index contributed by atoms with van der Waals surface area (Å²) in [4.78, 5) is 15.2. The van der Waals surface area contributed by atoms with Gasteiger partial charge in [0, 0.05) is 12.6 Å². The first kappa shape index (κ1) is 18.6. The third-order valence-electron chi connectivity index (χ3n) is 5.84. The van der Waals surface area contributed by atoms with E-state index in [0.717, 1.165) is 51.2 Å². The van der Waals surface area contributed by atoms with Crippen LogP contribution in [0, 0.1) is 5.92 Å². The van der Waals surface area contributed by atoms with E-state index in [1.165, 1.54) is 32.1 Å². The minimum atomic E-state index is 0. The molecular weight excluding hydrogens is 338 g/mol. The SMILES string of the molecule is Cl.O=C(c1cn(C2CCNCC2)nn1)N(CC1CC1)C1CCCCC1. The highest BCUT2D eigenvalue weighted by Gasteiger charge is 2.33. The first-order chi connectivity index (χ1) is 11.8. The summed E-state index contributed by atoms with van der Waals surface area (Å²) in [6, 6.07) is 0.794. The number of piperidine rings is 1. The Morgan fingerprint density at radius 1 is 1.12 bits per heavy atom. The van der Waals surface area contributed by atoms with Gasteiger partial charge in [0.1, 0.15) is 0 Å². The van der Waals surface area contributed by atoms with Crippen molar-refractivity contribution in [2.75, 3.05) is 19.6 Å². The quantitative estimate of drug-likeness (QED) is 0.869. The third-order valence-corrected chi connectivity index (χ3v) is 5.84. The molecule has 1 aromatic heterocycles. The molecule has 2 heterocycles. The second kappa shape index (κ2) is 8.49. The summed E-state index contributed by atoms with van der Waals surface area (Å²) < 4.78 is 1.92. The molecule has 3 fully saturated rings. The molecule has 6 nitrogen and oxygen atoms in total. The number of rotatable bonds is 5.